The summed E-state index contributed by atoms with van der Waals surface area (Å²) in [6, 6.07) is 7.53. The summed E-state index contributed by atoms with van der Waals surface area (Å²) in [7, 11) is 0. The van der Waals surface area contributed by atoms with Crippen LogP contribution in [0.25, 0.3) is 0 Å². The van der Waals surface area contributed by atoms with Gasteiger partial charge in [0.25, 0.3) is 5.91 Å². The zero-order chi connectivity index (χ0) is 15.4. The molecule has 0 N–H and O–H groups in total. The minimum atomic E-state index is -0.498. The number of carbonyl (C=O) groups excluding carboxylic acids is 1. The van der Waals surface area contributed by atoms with Gasteiger partial charge in [0.15, 0.2) is 11.5 Å². The van der Waals surface area contributed by atoms with Gasteiger partial charge in [-0.25, -0.2) is 0 Å². The molecule has 1 fully saturated rings. The first-order chi connectivity index (χ1) is 10.8. The number of nitrogens with zero attached hydrogens (tertiary/aromatic N) is 1. The predicted octanol–water partition coefficient (Wildman–Crippen LogP) is 3.26. The molecule has 120 valence electrons. The number of likely N-dealkylation sites (tertiary alicyclic amines) is 1. The van der Waals surface area contributed by atoms with Crippen molar-refractivity contribution in [2.45, 2.75) is 45.1 Å². The van der Waals surface area contributed by atoms with Crippen molar-refractivity contribution < 1.29 is 14.3 Å². The Labute approximate surface area is 132 Å². The summed E-state index contributed by atoms with van der Waals surface area (Å²) < 4.78 is 11.5. The average Bonchev–Trinajstić information content (AvgIpc) is 2.59. The van der Waals surface area contributed by atoms with Crippen molar-refractivity contribution in [3.63, 3.8) is 0 Å². The third-order valence-corrected chi connectivity index (χ3v) is 4.68. The Balaban J connectivity index is 1.53. The summed E-state index contributed by atoms with van der Waals surface area (Å²) in [5.74, 6) is 2.26. The summed E-state index contributed by atoms with van der Waals surface area (Å²) in [6.07, 6.45) is 5.60. The second-order valence-electron chi connectivity index (χ2n) is 6.28. The van der Waals surface area contributed by atoms with Crippen LogP contribution in [0.5, 0.6) is 11.5 Å². The lowest BCUT2D eigenvalue weighted by molar-refractivity contribution is -0.142. The summed E-state index contributed by atoms with van der Waals surface area (Å²) in [5.41, 5.74) is 0. The fourth-order valence-electron chi connectivity index (χ4n) is 3.28. The van der Waals surface area contributed by atoms with Crippen molar-refractivity contribution in [3.05, 3.63) is 24.3 Å². The van der Waals surface area contributed by atoms with Gasteiger partial charge in [-0.2, -0.15) is 0 Å². The SMILES string of the molecule is CCCCC1CCN(C(=O)C2COc3ccccc3O2)CC1. The zero-order valence-electron chi connectivity index (χ0n) is 13.3. The Morgan fingerprint density at radius 1 is 1.23 bits per heavy atom. The van der Waals surface area contributed by atoms with E-state index in [0.29, 0.717) is 12.4 Å². The van der Waals surface area contributed by atoms with E-state index in [2.05, 4.69) is 6.92 Å². The molecule has 1 aromatic carbocycles. The maximum absolute atomic E-state index is 12.6. The molecule has 1 amide bonds. The van der Waals surface area contributed by atoms with E-state index in [1.807, 2.05) is 29.2 Å². The van der Waals surface area contributed by atoms with Crippen molar-refractivity contribution in [1.29, 1.82) is 0 Å². The molecule has 1 unspecified atom stereocenters. The molecule has 1 aromatic rings. The van der Waals surface area contributed by atoms with Crippen LogP contribution in [0.3, 0.4) is 0 Å². The van der Waals surface area contributed by atoms with E-state index in [1.54, 1.807) is 0 Å². The van der Waals surface area contributed by atoms with Crippen LogP contribution in [0.4, 0.5) is 0 Å². The molecule has 3 rings (SSSR count). The normalized spacial score (nSPS) is 21.7. The molecule has 0 aromatic heterocycles. The highest BCUT2D eigenvalue weighted by Gasteiger charge is 2.32. The minimum absolute atomic E-state index is 0.0726. The summed E-state index contributed by atoms with van der Waals surface area (Å²) in [6.45, 7) is 4.26. The van der Waals surface area contributed by atoms with Gasteiger partial charge in [-0.05, 0) is 30.9 Å². The third kappa shape index (κ3) is 3.37. The number of hydrogen-bond donors (Lipinski definition) is 0. The third-order valence-electron chi connectivity index (χ3n) is 4.68. The molecular formula is C18H25NO3. The van der Waals surface area contributed by atoms with Gasteiger partial charge in [-0.1, -0.05) is 38.3 Å². The maximum Gasteiger partial charge on any atom is 0.267 e. The minimum Gasteiger partial charge on any atom is -0.485 e. The Hall–Kier alpha value is -1.71. The van der Waals surface area contributed by atoms with E-state index in [0.717, 1.165) is 37.6 Å². The van der Waals surface area contributed by atoms with E-state index in [-0.39, 0.29) is 5.91 Å². The van der Waals surface area contributed by atoms with E-state index in [9.17, 15) is 4.79 Å². The van der Waals surface area contributed by atoms with Crippen LogP contribution < -0.4 is 9.47 Å². The fraction of sp³-hybridized carbons (Fsp3) is 0.611. The molecule has 22 heavy (non-hydrogen) atoms. The van der Waals surface area contributed by atoms with Crippen molar-refractivity contribution in [2.75, 3.05) is 19.7 Å². The lowest BCUT2D eigenvalue weighted by atomic mass is 9.91. The van der Waals surface area contributed by atoms with Gasteiger partial charge in [0.2, 0.25) is 6.10 Å². The van der Waals surface area contributed by atoms with Gasteiger partial charge in [0.1, 0.15) is 6.61 Å². The summed E-state index contributed by atoms with van der Waals surface area (Å²) in [4.78, 5) is 14.6. The van der Waals surface area contributed by atoms with E-state index >= 15 is 0 Å². The van der Waals surface area contributed by atoms with Crippen molar-refractivity contribution >= 4 is 5.91 Å². The summed E-state index contributed by atoms with van der Waals surface area (Å²) >= 11 is 0. The first kappa shape index (κ1) is 15.2. The number of benzene rings is 1. The molecule has 1 atom stereocenters. The van der Waals surface area contributed by atoms with Crippen molar-refractivity contribution in [1.82, 2.24) is 4.90 Å². The molecular weight excluding hydrogens is 278 g/mol. The van der Waals surface area contributed by atoms with Crippen molar-refractivity contribution in [3.8, 4) is 11.5 Å². The lowest BCUT2D eigenvalue weighted by Gasteiger charge is -2.35. The number of fused-ring (bicyclic) bond motifs is 1. The molecule has 4 nitrogen and oxygen atoms in total. The molecule has 2 heterocycles. The molecule has 2 aliphatic heterocycles. The smallest absolute Gasteiger partial charge is 0.267 e. The molecule has 0 aliphatic carbocycles. The average molecular weight is 303 g/mol. The topological polar surface area (TPSA) is 38.8 Å². The Morgan fingerprint density at radius 2 is 1.95 bits per heavy atom. The van der Waals surface area contributed by atoms with Gasteiger partial charge in [0, 0.05) is 13.1 Å². The Morgan fingerprint density at radius 3 is 2.68 bits per heavy atom. The number of para-hydroxylation sites is 2. The number of unbranched alkanes of at least 4 members (excludes halogenated alkanes) is 1. The first-order valence-electron chi connectivity index (χ1n) is 8.45. The highest BCUT2D eigenvalue weighted by molar-refractivity contribution is 5.82. The number of ether oxygens (including phenoxy) is 2. The fourth-order valence-corrected chi connectivity index (χ4v) is 3.28. The summed E-state index contributed by atoms with van der Waals surface area (Å²) in [5, 5.41) is 0. The van der Waals surface area contributed by atoms with Crippen LogP contribution in [0.1, 0.15) is 39.0 Å². The Bertz CT molecular complexity index is 509. The number of amides is 1. The van der Waals surface area contributed by atoms with Crippen LogP contribution in [-0.2, 0) is 4.79 Å². The molecule has 0 saturated carbocycles. The standard InChI is InChI=1S/C18H25NO3/c1-2-3-6-14-9-11-19(12-10-14)18(20)17-13-21-15-7-4-5-8-16(15)22-17/h4-5,7-8,14,17H,2-3,6,9-13H2,1H3. The van der Waals surface area contributed by atoms with Crippen LogP contribution in [0.2, 0.25) is 0 Å². The van der Waals surface area contributed by atoms with E-state index in [4.69, 9.17) is 9.47 Å². The van der Waals surface area contributed by atoms with Gasteiger partial charge >= 0.3 is 0 Å². The van der Waals surface area contributed by atoms with Crippen LogP contribution in [0, 0.1) is 5.92 Å². The molecule has 4 heteroatoms. The second kappa shape index (κ2) is 7.03. The molecule has 2 aliphatic rings. The van der Waals surface area contributed by atoms with Crippen LogP contribution >= 0.6 is 0 Å². The van der Waals surface area contributed by atoms with Gasteiger partial charge in [-0.15, -0.1) is 0 Å². The number of carbonyl (C=O) groups is 1. The molecule has 0 radical (unpaired) electrons. The van der Waals surface area contributed by atoms with E-state index in [1.165, 1.54) is 19.3 Å². The lowest BCUT2D eigenvalue weighted by Crippen LogP contribution is -2.49. The van der Waals surface area contributed by atoms with Gasteiger partial charge < -0.3 is 14.4 Å². The van der Waals surface area contributed by atoms with Gasteiger partial charge in [-0.3, -0.25) is 4.79 Å². The second-order valence-corrected chi connectivity index (χ2v) is 6.28. The first-order valence-corrected chi connectivity index (χ1v) is 8.45. The van der Waals surface area contributed by atoms with Crippen molar-refractivity contribution in [2.24, 2.45) is 5.92 Å². The predicted molar refractivity (Wildman–Crippen MR) is 85.2 cm³/mol. The maximum atomic E-state index is 12.6. The van der Waals surface area contributed by atoms with E-state index < -0.39 is 6.10 Å². The molecule has 0 bridgehead atoms. The van der Waals surface area contributed by atoms with Crippen LogP contribution in [0.15, 0.2) is 24.3 Å². The largest absolute Gasteiger partial charge is 0.485 e. The quantitative estimate of drug-likeness (QED) is 0.857. The highest BCUT2D eigenvalue weighted by atomic mass is 16.6. The highest BCUT2D eigenvalue weighted by Crippen LogP contribution is 2.32. The molecule has 1 saturated heterocycles. The Kier molecular flexibility index (Phi) is 4.86. The van der Waals surface area contributed by atoms with Gasteiger partial charge in [0.05, 0.1) is 0 Å². The zero-order valence-corrected chi connectivity index (χ0v) is 13.3. The van der Waals surface area contributed by atoms with Crippen LogP contribution in [-0.4, -0.2) is 36.6 Å². The monoisotopic (exact) mass is 303 g/mol. The number of rotatable bonds is 4. The number of piperidine rings is 1. The molecule has 0 spiro atoms. The number of hydrogen-bond acceptors (Lipinski definition) is 3.